The van der Waals surface area contributed by atoms with Gasteiger partial charge in [0, 0.05) is 36.0 Å². The van der Waals surface area contributed by atoms with Crippen LogP contribution in [0.15, 0.2) is 47.1 Å². The van der Waals surface area contributed by atoms with Gasteiger partial charge in [-0.2, -0.15) is 0 Å². The first-order chi connectivity index (χ1) is 14.8. The second kappa shape index (κ2) is 10.5. The van der Waals surface area contributed by atoms with Gasteiger partial charge in [-0.25, -0.2) is 19.4 Å². The molecule has 7 heteroatoms. The predicted octanol–water partition coefficient (Wildman–Crippen LogP) is 5.27. The molecule has 0 fully saturated rings. The summed E-state index contributed by atoms with van der Waals surface area (Å²) in [5.74, 6) is 7.58. The summed E-state index contributed by atoms with van der Waals surface area (Å²) < 4.78 is 21.3. The van der Waals surface area contributed by atoms with Gasteiger partial charge in [0.15, 0.2) is 0 Å². The van der Waals surface area contributed by atoms with E-state index in [1.165, 1.54) is 0 Å². The summed E-state index contributed by atoms with van der Waals surface area (Å²) in [6.07, 6.45) is 6.87. The molecule has 1 aromatic carbocycles. The Kier molecular flexibility index (Phi) is 8.04. The van der Waals surface area contributed by atoms with Gasteiger partial charge in [0.2, 0.25) is 0 Å². The predicted molar refractivity (Wildman–Crippen MR) is 135 cm³/mol. The minimum atomic E-state index is -0.594. The summed E-state index contributed by atoms with van der Waals surface area (Å²) >= 11 is 3.46. The van der Waals surface area contributed by atoms with E-state index in [2.05, 4.69) is 51.5 Å². The number of fused-ring (bicyclic) bond motifs is 1. The van der Waals surface area contributed by atoms with E-state index in [0.717, 1.165) is 38.3 Å². The minimum Gasteiger partial charge on any atom is -0.372 e. The smallest absolute Gasteiger partial charge is 0.144 e. The summed E-state index contributed by atoms with van der Waals surface area (Å²) in [6, 6.07) is 13.9. The number of ether oxygens (including phenoxy) is 1. The Morgan fingerprint density at radius 3 is 2.55 bits per heavy atom. The lowest BCUT2D eigenvalue weighted by molar-refractivity contribution is 0.0918. The molecular weight excluding hydrogens is 477 g/mol. The third-order valence-electron chi connectivity index (χ3n) is 4.83. The lowest BCUT2D eigenvalue weighted by atomic mass is 10.2. The summed E-state index contributed by atoms with van der Waals surface area (Å²) in [4.78, 5) is 6.51. The summed E-state index contributed by atoms with van der Waals surface area (Å²) in [5, 5.41) is 1.03. The monoisotopic (exact) mass is 505 g/mol. The van der Waals surface area contributed by atoms with Crippen molar-refractivity contribution in [3.05, 3.63) is 58.3 Å². The van der Waals surface area contributed by atoms with Crippen LogP contribution in [0.5, 0.6) is 0 Å². The van der Waals surface area contributed by atoms with Crippen molar-refractivity contribution in [2.75, 3.05) is 56.3 Å². The first-order valence-corrected chi connectivity index (χ1v) is 13.9. The van der Waals surface area contributed by atoms with E-state index in [4.69, 9.17) is 4.74 Å². The van der Waals surface area contributed by atoms with Gasteiger partial charge >= 0.3 is 0 Å². The van der Waals surface area contributed by atoms with Crippen LogP contribution in [0.1, 0.15) is 11.3 Å². The molecule has 166 valence electrons. The van der Waals surface area contributed by atoms with Crippen LogP contribution in [0.4, 0.5) is 10.1 Å². The zero-order chi connectivity index (χ0) is 22.4. The zero-order valence-electron chi connectivity index (χ0n) is 18.5. The van der Waals surface area contributed by atoms with E-state index in [9.17, 15) is 4.39 Å². The van der Waals surface area contributed by atoms with E-state index < -0.39 is 10.0 Å². The van der Waals surface area contributed by atoms with Gasteiger partial charge in [-0.05, 0) is 83.1 Å². The molecule has 3 rings (SSSR count). The Balaban J connectivity index is 1.83. The topological polar surface area (TPSA) is 30.3 Å². The van der Waals surface area contributed by atoms with E-state index in [0.29, 0.717) is 19.9 Å². The molecule has 0 atom stereocenters. The highest BCUT2D eigenvalue weighted by Crippen LogP contribution is 2.33. The standard InChI is InChI=1S/C24H29BrFN3OS/c1-28(14-13-26)21-9-5-19(6-10-21)7-11-22-17-20-8-12-23(25)27-24(20)29(22)18-30-15-16-31(2,3)4/h5-6,8-10,12,17H,13-16,18H2,1-4H3. The minimum absolute atomic E-state index is 0.369. The number of nitrogens with zero attached hydrogens (tertiary/aromatic N) is 3. The van der Waals surface area contributed by atoms with Crippen LogP contribution < -0.4 is 4.90 Å². The van der Waals surface area contributed by atoms with Crippen molar-refractivity contribution >= 4 is 42.7 Å². The van der Waals surface area contributed by atoms with Crippen molar-refractivity contribution in [1.82, 2.24) is 9.55 Å². The van der Waals surface area contributed by atoms with Gasteiger partial charge in [-0.15, -0.1) is 0 Å². The van der Waals surface area contributed by atoms with Gasteiger partial charge in [-0.3, -0.25) is 4.57 Å². The summed E-state index contributed by atoms with van der Waals surface area (Å²) in [6.45, 7) is 1.14. The molecule has 0 saturated heterocycles. The average molecular weight is 506 g/mol. The Morgan fingerprint density at radius 1 is 1.13 bits per heavy atom. The number of alkyl halides is 1. The molecule has 0 N–H and O–H groups in total. The molecule has 0 spiro atoms. The number of pyridine rings is 1. The number of benzene rings is 1. The van der Waals surface area contributed by atoms with Crippen molar-refractivity contribution < 1.29 is 9.13 Å². The van der Waals surface area contributed by atoms with Crippen molar-refractivity contribution in [2.45, 2.75) is 6.73 Å². The highest BCUT2D eigenvalue weighted by atomic mass is 79.9. The molecule has 0 unspecified atom stereocenters. The third kappa shape index (κ3) is 6.73. The van der Waals surface area contributed by atoms with Crippen molar-refractivity contribution in [1.29, 1.82) is 0 Å². The van der Waals surface area contributed by atoms with Crippen LogP contribution >= 0.6 is 26.0 Å². The van der Waals surface area contributed by atoms with Crippen LogP contribution in [-0.2, 0) is 11.5 Å². The Morgan fingerprint density at radius 2 is 1.87 bits per heavy atom. The zero-order valence-corrected chi connectivity index (χ0v) is 20.9. The molecule has 3 aromatic rings. The van der Waals surface area contributed by atoms with E-state index in [1.807, 2.05) is 59.0 Å². The van der Waals surface area contributed by atoms with Crippen molar-refractivity contribution in [3.63, 3.8) is 0 Å². The number of hydrogen-bond donors (Lipinski definition) is 0. The fraction of sp³-hybridized carbons (Fsp3) is 0.375. The first-order valence-electron chi connectivity index (χ1n) is 10.1. The maximum Gasteiger partial charge on any atom is 0.144 e. The highest BCUT2D eigenvalue weighted by molar-refractivity contribution is 9.10. The lowest BCUT2D eigenvalue weighted by Gasteiger charge is -2.24. The number of rotatable bonds is 8. The van der Waals surface area contributed by atoms with Gasteiger partial charge < -0.3 is 9.64 Å². The molecule has 0 amide bonds. The van der Waals surface area contributed by atoms with Gasteiger partial charge in [-0.1, -0.05) is 5.92 Å². The maximum absolute atomic E-state index is 12.6. The van der Waals surface area contributed by atoms with Crippen LogP contribution in [0.3, 0.4) is 0 Å². The van der Waals surface area contributed by atoms with Gasteiger partial charge in [0.05, 0.1) is 12.3 Å². The molecule has 2 heterocycles. The summed E-state index contributed by atoms with van der Waals surface area (Å²) in [5.41, 5.74) is 3.59. The molecule has 2 aromatic heterocycles. The number of anilines is 1. The largest absolute Gasteiger partial charge is 0.372 e. The number of hydrogen-bond acceptors (Lipinski definition) is 3. The molecule has 0 saturated carbocycles. The van der Waals surface area contributed by atoms with Crippen molar-refractivity contribution in [3.8, 4) is 11.8 Å². The first kappa shape index (κ1) is 23.6. The second-order valence-corrected chi connectivity index (χ2v) is 13.6. The molecule has 0 radical (unpaired) electrons. The fourth-order valence-electron chi connectivity index (χ4n) is 2.99. The van der Waals surface area contributed by atoms with Crippen LogP contribution in [-0.4, -0.2) is 60.9 Å². The van der Waals surface area contributed by atoms with Crippen LogP contribution in [0.25, 0.3) is 11.0 Å². The Labute approximate surface area is 194 Å². The van der Waals surface area contributed by atoms with Crippen LogP contribution in [0.2, 0.25) is 0 Å². The van der Waals surface area contributed by atoms with Crippen molar-refractivity contribution in [2.24, 2.45) is 0 Å². The average Bonchev–Trinajstić information content (AvgIpc) is 3.06. The maximum atomic E-state index is 12.6. The third-order valence-corrected chi connectivity index (χ3v) is 6.67. The number of aromatic nitrogens is 2. The van der Waals surface area contributed by atoms with Gasteiger partial charge in [0.1, 0.15) is 23.7 Å². The fourth-order valence-corrected chi connectivity index (χ4v) is 3.91. The molecule has 0 bridgehead atoms. The summed E-state index contributed by atoms with van der Waals surface area (Å²) in [7, 11) is 1.29. The van der Waals surface area contributed by atoms with Gasteiger partial charge in [0.25, 0.3) is 0 Å². The molecular formula is C24H29BrFN3OS. The molecule has 0 aliphatic heterocycles. The van der Waals surface area contributed by atoms with Crippen LogP contribution in [0, 0.1) is 11.8 Å². The molecule has 31 heavy (non-hydrogen) atoms. The van der Waals surface area contributed by atoms with E-state index >= 15 is 0 Å². The Hall–Kier alpha value is -2.01. The number of halogens is 2. The van der Waals surface area contributed by atoms with E-state index in [1.54, 1.807) is 0 Å². The second-order valence-electron chi connectivity index (χ2n) is 8.24. The van der Waals surface area contributed by atoms with E-state index in [-0.39, 0.29) is 6.67 Å². The quantitative estimate of drug-likeness (QED) is 0.237. The molecule has 0 aliphatic rings. The molecule has 4 nitrogen and oxygen atoms in total. The lowest BCUT2D eigenvalue weighted by Crippen LogP contribution is -2.19. The SMILES string of the molecule is CN(CCF)c1ccc(C#Cc2cc3ccc(Br)nc3n2COCCS(C)(C)C)cc1. The Bertz CT molecular complexity index is 1080. The normalized spacial score (nSPS) is 11.9. The highest BCUT2D eigenvalue weighted by Gasteiger charge is 2.10. The molecule has 0 aliphatic carbocycles.